The largest absolute Gasteiger partial charge is 0.481 e. The topological polar surface area (TPSA) is 37.3 Å². The minimum absolute atomic E-state index is 0.188. The van der Waals surface area contributed by atoms with Crippen LogP contribution in [0.15, 0.2) is 6.07 Å². The molecule has 0 bridgehead atoms. The van der Waals surface area contributed by atoms with Gasteiger partial charge in [0.05, 0.1) is 10.9 Å². The highest BCUT2D eigenvalue weighted by molar-refractivity contribution is 6.30. The highest BCUT2D eigenvalue weighted by Gasteiger charge is 2.20. The molecule has 1 unspecified atom stereocenters. The van der Waals surface area contributed by atoms with Crippen molar-refractivity contribution in [3.05, 3.63) is 33.9 Å². The van der Waals surface area contributed by atoms with E-state index < -0.39 is 23.5 Å². The standard InChI is InChI=1S/C11H11ClF2O2/c1-5-4-8(12)10(14)7(9(5)13)3-6(2)11(15)16/h4,6H,3H2,1-2H3,(H,15,16). The Morgan fingerprint density at radius 3 is 2.56 bits per heavy atom. The molecule has 0 aromatic heterocycles. The Morgan fingerprint density at radius 1 is 1.50 bits per heavy atom. The zero-order chi connectivity index (χ0) is 12.5. The molecule has 16 heavy (non-hydrogen) atoms. The van der Waals surface area contributed by atoms with Gasteiger partial charge >= 0.3 is 5.97 Å². The minimum Gasteiger partial charge on any atom is -0.481 e. The predicted octanol–water partition coefficient (Wildman–Crippen LogP) is 3.19. The molecule has 0 radical (unpaired) electrons. The van der Waals surface area contributed by atoms with E-state index in [0.29, 0.717) is 0 Å². The van der Waals surface area contributed by atoms with Gasteiger partial charge in [-0.15, -0.1) is 0 Å². The van der Waals surface area contributed by atoms with E-state index in [0.717, 1.165) is 0 Å². The van der Waals surface area contributed by atoms with Crippen LogP contribution in [0.2, 0.25) is 5.02 Å². The predicted molar refractivity (Wildman–Crippen MR) is 56.6 cm³/mol. The molecule has 2 nitrogen and oxygen atoms in total. The van der Waals surface area contributed by atoms with Crippen LogP contribution < -0.4 is 0 Å². The lowest BCUT2D eigenvalue weighted by Crippen LogP contribution is -2.14. The molecule has 0 fully saturated rings. The molecule has 0 spiro atoms. The molecule has 0 aliphatic rings. The summed E-state index contributed by atoms with van der Waals surface area (Å²) in [7, 11) is 0. The Bertz CT molecular complexity index is 406. The molecule has 0 aliphatic carbocycles. The Labute approximate surface area is 96.8 Å². The lowest BCUT2D eigenvalue weighted by molar-refractivity contribution is -0.141. The molecule has 5 heteroatoms. The van der Waals surface area contributed by atoms with Gasteiger partial charge in [0.15, 0.2) is 0 Å². The van der Waals surface area contributed by atoms with Gasteiger partial charge in [0.2, 0.25) is 0 Å². The fourth-order valence-electron chi connectivity index (χ4n) is 1.37. The summed E-state index contributed by atoms with van der Waals surface area (Å²) in [4.78, 5) is 10.6. The summed E-state index contributed by atoms with van der Waals surface area (Å²) in [5, 5.41) is 8.50. The van der Waals surface area contributed by atoms with Gasteiger partial charge in [0, 0.05) is 5.56 Å². The fourth-order valence-corrected chi connectivity index (χ4v) is 1.65. The van der Waals surface area contributed by atoms with E-state index in [2.05, 4.69) is 0 Å². The Kier molecular flexibility index (Phi) is 3.86. The highest BCUT2D eigenvalue weighted by atomic mass is 35.5. The van der Waals surface area contributed by atoms with Crippen LogP contribution in [-0.2, 0) is 11.2 Å². The molecule has 1 N–H and O–H groups in total. The summed E-state index contributed by atoms with van der Waals surface area (Å²) < 4.78 is 27.1. The summed E-state index contributed by atoms with van der Waals surface area (Å²) in [5.74, 6) is -3.56. The summed E-state index contributed by atoms with van der Waals surface area (Å²) in [6.45, 7) is 2.84. The van der Waals surface area contributed by atoms with Gasteiger partial charge in [-0.05, 0) is 25.0 Å². The molecule has 88 valence electrons. The maximum atomic E-state index is 13.6. The summed E-state index contributed by atoms with van der Waals surface area (Å²) >= 11 is 5.57. The molecule has 1 atom stereocenters. The molecule has 0 aliphatic heterocycles. The van der Waals surface area contributed by atoms with Crippen LogP contribution in [0, 0.1) is 24.5 Å². The average molecular weight is 249 g/mol. The van der Waals surface area contributed by atoms with Crippen molar-refractivity contribution >= 4 is 17.6 Å². The summed E-state index contributed by atoms with van der Waals surface area (Å²) in [6.07, 6.45) is -0.214. The number of halogens is 3. The van der Waals surface area contributed by atoms with Crippen LogP contribution in [0.3, 0.4) is 0 Å². The van der Waals surface area contributed by atoms with E-state index in [9.17, 15) is 13.6 Å². The number of hydrogen-bond donors (Lipinski definition) is 1. The number of benzene rings is 1. The Hall–Kier alpha value is -1.16. The maximum Gasteiger partial charge on any atom is 0.306 e. The van der Waals surface area contributed by atoms with E-state index in [1.165, 1.54) is 19.9 Å². The molecule has 1 aromatic rings. The van der Waals surface area contributed by atoms with Gasteiger partial charge in [-0.2, -0.15) is 0 Å². The van der Waals surface area contributed by atoms with E-state index >= 15 is 0 Å². The van der Waals surface area contributed by atoms with Crippen molar-refractivity contribution in [2.75, 3.05) is 0 Å². The third-order valence-corrected chi connectivity index (χ3v) is 2.64. The van der Waals surface area contributed by atoms with Gasteiger partial charge in [0.1, 0.15) is 11.6 Å². The first-order chi connectivity index (χ1) is 7.34. The van der Waals surface area contributed by atoms with Crippen molar-refractivity contribution < 1.29 is 18.7 Å². The van der Waals surface area contributed by atoms with Crippen LogP contribution in [0.4, 0.5) is 8.78 Å². The van der Waals surface area contributed by atoms with E-state index in [1.807, 2.05) is 0 Å². The second-order valence-corrected chi connectivity index (χ2v) is 4.13. The van der Waals surface area contributed by atoms with Crippen LogP contribution in [0.1, 0.15) is 18.1 Å². The number of aryl methyl sites for hydroxylation is 1. The Morgan fingerprint density at radius 2 is 2.06 bits per heavy atom. The normalized spacial score (nSPS) is 12.6. The van der Waals surface area contributed by atoms with Crippen LogP contribution >= 0.6 is 11.6 Å². The maximum absolute atomic E-state index is 13.6. The molecule has 0 saturated carbocycles. The number of aliphatic carboxylic acids is 1. The number of rotatable bonds is 3. The quantitative estimate of drug-likeness (QED) is 0.834. The molecular formula is C11H11ClF2O2. The molecule has 0 heterocycles. The van der Waals surface area contributed by atoms with E-state index in [-0.39, 0.29) is 22.6 Å². The lowest BCUT2D eigenvalue weighted by Gasteiger charge is -2.11. The molecule has 0 saturated heterocycles. The summed E-state index contributed by atoms with van der Waals surface area (Å²) in [5.41, 5.74) is -0.0566. The van der Waals surface area contributed by atoms with Crippen molar-refractivity contribution in [3.8, 4) is 0 Å². The number of carboxylic acid groups (broad SMARTS) is 1. The van der Waals surface area contributed by atoms with Crippen molar-refractivity contribution in [3.63, 3.8) is 0 Å². The number of carboxylic acids is 1. The highest BCUT2D eigenvalue weighted by Crippen LogP contribution is 2.26. The number of hydrogen-bond acceptors (Lipinski definition) is 1. The van der Waals surface area contributed by atoms with Crippen molar-refractivity contribution in [1.82, 2.24) is 0 Å². The van der Waals surface area contributed by atoms with Crippen LogP contribution in [0.5, 0.6) is 0 Å². The number of carbonyl (C=O) groups is 1. The zero-order valence-electron chi connectivity index (χ0n) is 8.85. The van der Waals surface area contributed by atoms with Crippen LogP contribution in [-0.4, -0.2) is 11.1 Å². The van der Waals surface area contributed by atoms with Crippen molar-refractivity contribution in [2.45, 2.75) is 20.3 Å². The smallest absolute Gasteiger partial charge is 0.306 e. The second-order valence-electron chi connectivity index (χ2n) is 3.73. The monoisotopic (exact) mass is 248 g/mol. The third kappa shape index (κ3) is 2.50. The van der Waals surface area contributed by atoms with E-state index in [4.69, 9.17) is 16.7 Å². The first kappa shape index (κ1) is 12.9. The van der Waals surface area contributed by atoms with Gasteiger partial charge in [-0.3, -0.25) is 4.79 Å². The fraction of sp³-hybridized carbons (Fsp3) is 0.364. The van der Waals surface area contributed by atoms with Crippen LogP contribution in [0.25, 0.3) is 0 Å². The second kappa shape index (κ2) is 4.78. The molecule has 0 amide bonds. The van der Waals surface area contributed by atoms with Gasteiger partial charge in [-0.25, -0.2) is 8.78 Å². The average Bonchev–Trinajstić information content (AvgIpc) is 2.21. The van der Waals surface area contributed by atoms with Crippen molar-refractivity contribution in [1.29, 1.82) is 0 Å². The third-order valence-electron chi connectivity index (χ3n) is 2.36. The molecular weight excluding hydrogens is 238 g/mol. The zero-order valence-corrected chi connectivity index (χ0v) is 9.61. The van der Waals surface area contributed by atoms with Crippen molar-refractivity contribution in [2.24, 2.45) is 5.92 Å². The van der Waals surface area contributed by atoms with Gasteiger partial charge in [0.25, 0.3) is 0 Å². The summed E-state index contributed by atoms with van der Waals surface area (Å²) in [6, 6.07) is 1.18. The Balaban J connectivity index is 3.17. The minimum atomic E-state index is -1.10. The van der Waals surface area contributed by atoms with E-state index in [1.54, 1.807) is 0 Å². The molecule has 1 rings (SSSR count). The molecule has 1 aromatic carbocycles. The van der Waals surface area contributed by atoms with Gasteiger partial charge < -0.3 is 5.11 Å². The first-order valence-electron chi connectivity index (χ1n) is 4.70. The first-order valence-corrected chi connectivity index (χ1v) is 5.08. The lowest BCUT2D eigenvalue weighted by atomic mass is 9.98. The SMILES string of the molecule is Cc1cc(Cl)c(F)c(CC(C)C(=O)O)c1F. The van der Waals surface area contributed by atoms with Gasteiger partial charge in [-0.1, -0.05) is 18.5 Å².